The van der Waals surface area contributed by atoms with Gasteiger partial charge in [-0.2, -0.15) is 0 Å². The zero-order valence-corrected chi connectivity index (χ0v) is 18.2. The van der Waals surface area contributed by atoms with Crippen LogP contribution < -0.4 is 14.3 Å². The molecule has 0 saturated carbocycles. The summed E-state index contributed by atoms with van der Waals surface area (Å²) >= 11 is 7.49. The average Bonchev–Trinajstić information content (AvgIpc) is 3.42. The summed E-state index contributed by atoms with van der Waals surface area (Å²) in [7, 11) is 0. The molecule has 0 radical (unpaired) electrons. The molecule has 4 aromatic rings. The first kappa shape index (κ1) is 20.3. The number of rotatable bonds is 5. The van der Waals surface area contributed by atoms with Gasteiger partial charge in [-0.3, -0.25) is 10.1 Å². The summed E-state index contributed by atoms with van der Waals surface area (Å²) in [5.41, 5.74) is 3.16. The third-order valence-electron chi connectivity index (χ3n) is 5.01. The van der Waals surface area contributed by atoms with Crippen molar-refractivity contribution in [1.82, 2.24) is 4.57 Å². The number of fused-ring (bicyclic) bond motifs is 1. The molecule has 0 N–H and O–H groups in total. The number of nitro groups is 1. The molecule has 0 bridgehead atoms. The van der Waals surface area contributed by atoms with Crippen molar-refractivity contribution in [3.05, 3.63) is 97.6 Å². The van der Waals surface area contributed by atoms with Crippen LogP contribution in [0.1, 0.15) is 5.56 Å². The van der Waals surface area contributed by atoms with Crippen molar-refractivity contribution >= 4 is 34.3 Å². The van der Waals surface area contributed by atoms with Crippen LogP contribution in [0.4, 0.5) is 11.4 Å². The molecule has 1 aliphatic heterocycles. The third kappa shape index (κ3) is 3.98. The van der Waals surface area contributed by atoms with Crippen molar-refractivity contribution in [2.75, 3.05) is 6.79 Å². The van der Waals surface area contributed by atoms with Gasteiger partial charge in [0.2, 0.25) is 6.79 Å². The minimum Gasteiger partial charge on any atom is -0.454 e. The van der Waals surface area contributed by atoms with Gasteiger partial charge in [0.15, 0.2) is 16.3 Å². The Kier molecular flexibility index (Phi) is 5.38. The third-order valence-corrected chi connectivity index (χ3v) is 6.13. The van der Waals surface area contributed by atoms with Crippen molar-refractivity contribution in [2.45, 2.75) is 6.54 Å². The van der Waals surface area contributed by atoms with Crippen LogP contribution in [-0.4, -0.2) is 16.3 Å². The van der Waals surface area contributed by atoms with Crippen LogP contribution in [-0.2, 0) is 6.54 Å². The fourth-order valence-corrected chi connectivity index (χ4v) is 4.51. The van der Waals surface area contributed by atoms with Crippen molar-refractivity contribution in [3.63, 3.8) is 0 Å². The van der Waals surface area contributed by atoms with E-state index in [1.54, 1.807) is 18.2 Å². The van der Waals surface area contributed by atoms with Gasteiger partial charge in [0, 0.05) is 16.5 Å². The number of halogens is 1. The van der Waals surface area contributed by atoms with Gasteiger partial charge in [-0.25, -0.2) is 4.99 Å². The van der Waals surface area contributed by atoms with Gasteiger partial charge in [0.1, 0.15) is 5.69 Å². The summed E-state index contributed by atoms with van der Waals surface area (Å²) < 4.78 is 13.0. The summed E-state index contributed by atoms with van der Waals surface area (Å²) in [4.78, 5) is 16.3. The molecule has 0 fully saturated rings. The Morgan fingerprint density at radius 3 is 2.66 bits per heavy atom. The molecule has 7 nitrogen and oxygen atoms in total. The van der Waals surface area contributed by atoms with E-state index in [1.807, 2.05) is 52.4 Å². The van der Waals surface area contributed by atoms with Gasteiger partial charge in [-0.15, -0.1) is 11.3 Å². The minimum atomic E-state index is -0.422. The normalized spacial score (nSPS) is 12.8. The van der Waals surface area contributed by atoms with E-state index in [0.717, 1.165) is 16.8 Å². The zero-order chi connectivity index (χ0) is 22.1. The number of thiazole rings is 1. The smallest absolute Gasteiger partial charge is 0.294 e. The molecular weight excluding hydrogens is 450 g/mol. The highest BCUT2D eigenvalue weighted by molar-refractivity contribution is 7.07. The predicted molar refractivity (Wildman–Crippen MR) is 123 cm³/mol. The molecule has 0 unspecified atom stereocenters. The van der Waals surface area contributed by atoms with Crippen LogP contribution in [0.2, 0.25) is 5.02 Å². The Morgan fingerprint density at radius 1 is 1.06 bits per heavy atom. The first-order valence-electron chi connectivity index (χ1n) is 9.69. The van der Waals surface area contributed by atoms with Gasteiger partial charge < -0.3 is 14.0 Å². The fourth-order valence-electron chi connectivity index (χ4n) is 3.46. The van der Waals surface area contributed by atoms with E-state index in [-0.39, 0.29) is 12.5 Å². The van der Waals surface area contributed by atoms with Gasteiger partial charge in [-0.05, 0) is 41.5 Å². The quantitative estimate of drug-likeness (QED) is 0.276. The standard InChI is InChI=1S/C23H16ClN3O4S/c24-17-8-6-16(7-9-17)20-13-32-23(25-18-3-1-2-4-19(18)27(28)29)26(20)12-15-5-10-21-22(11-15)31-14-30-21/h1-11,13H,12,14H2. The Balaban J connectivity index is 1.64. The number of nitrogens with zero attached hydrogens (tertiary/aromatic N) is 3. The highest BCUT2D eigenvalue weighted by atomic mass is 35.5. The highest BCUT2D eigenvalue weighted by Gasteiger charge is 2.16. The zero-order valence-electron chi connectivity index (χ0n) is 16.6. The maximum Gasteiger partial charge on any atom is 0.294 e. The van der Waals surface area contributed by atoms with Gasteiger partial charge in [-0.1, -0.05) is 41.9 Å². The highest BCUT2D eigenvalue weighted by Crippen LogP contribution is 2.33. The maximum absolute atomic E-state index is 11.5. The van der Waals surface area contributed by atoms with E-state index in [2.05, 4.69) is 4.99 Å². The summed E-state index contributed by atoms with van der Waals surface area (Å²) in [6.07, 6.45) is 0. The van der Waals surface area contributed by atoms with E-state index >= 15 is 0 Å². The number of hydrogen-bond donors (Lipinski definition) is 0. The molecule has 1 aromatic heterocycles. The molecule has 0 saturated heterocycles. The lowest BCUT2D eigenvalue weighted by molar-refractivity contribution is -0.384. The van der Waals surface area contributed by atoms with Crippen molar-refractivity contribution in [2.24, 2.45) is 4.99 Å². The Bertz CT molecular complexity index is 1380. The number of para-hydroxylation sites is 2. The van der Waals surface area contributed by atoms with Crippen molar-refractivity contribution < 1.29 is 14.4 Å². The number of ether oxygens (including phenoxy) is 2. The molecule has 32 heavy (non-hydrogen) atoms. The van der Waals surface area contributed by atoms with E-state index in [9.17, 15) is 10.1 Å². The Morgan fingerprint density at radius 2 is 1.84 bits per heavy atom. The largest absolute Gasteiger partial charge is 0.454 e. The SMILES string of the molecule is O=[N+]([O-])c1ccccc1N=c1scc(-c2ccc(Cl)cc2)n1Cc1ccc2c(c1)OCO2. The molecule has 0 aliphatic carbocycles. The van der Waals surface area contributed by atoms with Crippen LogP contribution in [0, 0.1) is 10.1 Å². The lowest BCUT2D eigenvalue weighted by Crippen LogP contribution is -2.16. The van der Waals surface area contributed by atoms with Crippen molar-refractivity contribution in [3.8, 4) is 22.8 Å². The lowest BCUT2D eigenvalue weighted by Gasteiger charge is -2.10. The number of hydrogen-bond acceptors (Lipinski definition) is 6. The van der Waals surface area contributed by atoms with Gasteiger partial charge in [0.25, 0.3) is 5.69 Å². The van der Waals surface area contributed by atoms with E-state index < -0.39 is 4.92 Å². The molecular formula is C23H16ClN3O4S. The molecule has 0 amide bonds. The molecule has 0 spiro atoms. The second kappa shape index (κ2) is 8.49. The number of aromatic nitrogens is 1. The van der Waals surface area contributed by atoms with E-state index in [1.165, 1.54) is 17.4 Å². The minimum absolute atomic E-state index is 0.0384. The molecule has 1 aliphatic rings. The summed E-state index contributed by atoms with van der Waals surface area (Å²) in [6.45, 7) is 0.705. The summed E-state index contributed by atoms with van der Waals surface area (Å²) in [5.74, 6) is 1.41. The summed E-state index contributed by atoms with van der Waals surface area (Å²) in [6, 6.07) is 19.8. The van der Waals surface area contributed by atoms with Crippen molar-refractivity contribution in [1.29, 1.82) is 0 Å². The molecule has 3 aromatic carbocycles. The fraction of sp³-hybridized carbons (Fsp3) is 0.0870. The maximum atomic E-state index is 11.5. The van der Waals surface area contributed by atoms with Gasteiger partial charge in [0.05, 0.1) is 17.2 Å². The topological polar surface area (TPSA) is 78.9 Å². The second-order valence-electron chi connectivity index (χ2n) is 7.04. The monoisotopic (exact) mass is 465 g/mol. The average molecular weight is 466 g/mol. The number of benzene rings is 3. The molecule has 160 valence electrons. The first-order chi connectivity index (χ1) is 15.6. The van der Waals surface area contributed by atoms with Crippen LogP contribution in [0.25, 0.3) is 11.3 Å². The van der Waals surface area contributed by atoms with Gasteiger partial charge >= 0.3 is 0 Å². The molecule has 0 atom stereocenters. The molecule has 9 heteroatoms. The second-order valence-corrected chi connectivity index (χ2v) is 8.31. The van der Waals surface area contributed by atoms with Crippen LogP contribution in [0.5, 0.6) is 11.5 Å². The van der Waals surface area contributed by atoms with E-state index in [0.29, 0.717) is 33.6 Å². The van der Waals surface area contributed by atoms with Crippen LogP contribution >= 0.6 is 22.9 Å². The van der Waals surface area contributed by atoms with E-state index in [4.69, 9.17) is 21.1 Å². The Hall–Kier alpha value is -3.62. The predicted octanol–water partition coefficient (Wildman–Crippen LogP) is 5.79. The first-order valence-corrected chi connectivity index (χ1v) is 11.0. The van der Waals surface area contributed by atoms with Crippen LogP contribution in [0.3, 0.4) is 0 Å². The molecule has 5 rings (SSSR count). The van der Waals surface area contributed by atoms with Crippen LogP contribution in [0.15, 0.2) is 77.1 Å². The summed E-state index contributed by atoms with van der Waals surface area (Å²) in [5, 5.41) is 14.1. The molecule has 2 heterocycles. The lowest BCUT2D eigenvalue weighted by atomic mass is 10.1. The number of nitro benzene ring substituents is 1. The Labute approximate surface area is 191 Å².